The number of sulfonamides is 1. The second-order valence-corrected chi connectivity index (χ2v) is 11.4. The molecule has 0 fully saturated rings. The van der Waals surface area contributed by atoms with Crippen molar-refractivity contribution in [2.24, 2.45) is 0 Å². The number of carbonyl (C=O) groups is 2. The third kappa shape index (κ3) is 7.87. The summed E-state index contributed by atoms with van der Waals surface area (Å²) in [6.07, 6.45) is -3.82. The lowest BCUT2D eigenvalue weighted by Gasteiger charge is -2.33. The van der Waals surface area contributed by atoms with E-state index < -0.39 is 46.2 Å². The second kappa shape index (κ2) is 13.7. The molecule has 1 N–H and O–H groups in total. The largest absolute Gasteiger partial charge is 0.416 e. The Bertz CT molecular complexity index is 1450. The highest BCUT2D eigenvalue weighted by atomic mass is 32.2. The molecule has 0 spiro atoms. The van der Waals surface area contributed by atoms with Crippen LogP contribution in [-0.4, -0.2) is 44.3 Å². The van der Waals surface area contributed by atoms with Crippen LogP contribution in [0.3, 0.4) is 0 Å². The van der Waals surface area contributed by atoms with Crippen molar-refractivity contribution in [3.8, 4) is 0 Å². The Labute approximate surface area is 239 Å². The summed E-state index contributed by atoms with van der Waals surface area (Å²) < 4.78 is 68.9. The number of rotatable bonds is 12. The molecular formula is C30H34F3N3O4S. The summed E-state index contributed by atoms with van der Waals surface area (Å²) in [5, 5.41) is 2.79. The molecule has 0 bridgehead atoms. The Morgan fingerprint density at radius 1 is 0.927 bits per heavy atom. The van der Waals surface area contributed by atoms with Gasteiger partial charge in [-0.05, 0) is 61.2 Å². The van der Waals surface area contributed by atoms with Crippen LogP contribution in [0.25, 0.3) is 0 Å². The maximum atomic E-state index is 14.0. The van der Waals surface area contributed by atoms with E-state index in [0.717, 1.165) is 23.3 Å². The summed E-state index contributed by atoms with van der Waals surface area (Å²) in [6, 6.07) is 17.3. The van der Waals surface area contributed by atoms with Crippen molar-refractivity contribution in [3.63, 3.8) is 0 Å². The number of halogens is 3. The Balaban J connectivity index is 2.11. The predicted molar refractivity (Wildman–Crippen MR) is 152 cm³/mol. The van der Waals surface area contributed by atoms with Gasteiger partial charge in [-0.15, -0.1) is 0 Å². The van der Waals surface area contributed by atoms with Crippen molar-refractivity contribution in [2.45, 2.75) is 57.3 Å². The number of hydrogen-bond donors (Lipinski definition) is 1. The number of anilines is 1. The van der Waals surface area contributed by atoms with Crippen LogP contribution in [0.1, 0.15) is 43.4 Å². The van der Waals surface area contributed by atoms with Crippen molar-refractivity contribution in [2.75, 3.05) is 17.4 Å². The van der Waals surface area contributed by atoms with Gasteiger partial charge in [0.05, 0.1) is 16.1 Å². The normalized spacial score (nSPS) is 12.4. The average molecular weight is 590 g/mol. The SMILES string of the molecule is CCCNC(=O)C(CC)N(Cc1ccccc1C)C(=O)CN(c1cccc(C(F)(F)F)c1)S(=O)(=O)c1ccccc1. The molecule has 1 atom stereocenters. The molecule has 0 aliphatic rings. The number of amides is 2. The minimum absolute atomic E-state index is 0.00533. The molecule has 11 heteroatoms. The van der Waals surface area contributed by atoms with Gasteiger partial charge in [-0.25, -0.2) is 8.42 Å². The number of nitrogens with zero attached hydrogens (tertiary/aromatic N) is 2. The Morgan fingerprint density at radius 3 is 2.20 bits per heavy atom. The molecule has 220 valence electrons. The van der Waals surface area contributed by atoms with Crippen LogP contribution >= 0.6 is 0 Å². The van der Waals surface area contributed by atoms with Gasteiger partial charge < -0.3 is 10.2 Å². The first-order chi connectivity index (χ1) is 19.4. The zero-order chi connectivity index (χ0) is 30.2. The molecule has 0 radical (unpaired) electrons. The molecule has 0 saturated heterocycles. The van der Waals surface area contributed by atoms with Crippen LogP contribution in [-0.2, 0) is 32.3 Å². The Kier molecular flexibility index (Phi) is 10.6. The molecule has 0 heterocycles. The zero-order valence-electron chi connectivity index (χ0n) is 23.2. The van der Waals surface area contributed by atoms with E-state index in [2.05, 4.69) is 5.32 Å². The summed E-state index contributed by atoms with van der Waals surface area (Å²) >= 11 is 0. The van der Waals surface area contributed by atoms with Gasteiger partial charge in [0.15, 0.2) is 0 Å². The van der Waals surface area contributed by atoms with Gasteiger partial charge >= 0.3 is 6.18 Å². The average Bonchev–Trinajstić information content (AvgIpc) is 2.95. The molecule has 2 amide bonds. The van der Waals surface area contributed by atoms with Gasteiger partial charge in [0.2, 0.25) is 11.8 Å². The highest BCUT2D eigenvalue weighted by molar-refractivity contribution is 7.92. The fourth-order valence-electron chi connectivity index (χ4n) is 4.34. The van der Waals surface area contributed by atoms with Gasteiger partial charge in [-0.2, -0.15) is 13.2 Å². The summed E-state index contributed by atoms with van der Waals surface area (Å²) in [7, 11) is -4.47. The Morgan fingerprint density at radius 2 is 1.59 bits per heavy atom. The van der Waals surface area contributed by atoms with Crippen molar-refractivity contribution in [1.29, 1.82) is 0 Å². The third-order valence-electron chi connectivity index (χ3n) is 6.61. The molecule has 0 aliphatic heterocycles. The lowest BCUT2D eigenvalue weighted by Crippen LogP contribution is -2.52. The molecule has 0 saturated carbocycles. The number of carbonyl (C=O) groups excluding carboxylic acids is 2. The van der Waals surface area contributed by atoms with Crippen molar-refractivity contribution < 1.29 is 31.2 Å². The summed E-state index contributed by atoms with van der Waals surface area (Å²) in [6.45, 7) is 5.05. The smallest absolute Gasteiger partial charge is 0.354 e. The van der Waals surface area contributed by atoms with Crippen LogP contribution in [0, 0.1) is 6.92 Å². The van der Waals surface area contributed by atoms with E-state index in [1.807, 2.05) is 26.0 Å². The van der Waals surface area contributed by atoms with Crippen molar-refractivity contribution in [3.05, 3.63) is 95.6 Å². The quantitative estimate of drug-likeness (QED) is 0.301. The minimum atomic E-state index is -4.73. The predicted octanol–water partition coefficient (Wildman–Crippen LogP) is 5.54. The van der Waals surface area contributed by atoms with Gasteiger partial charge in [0, 0.05) is 13.1 Å². The molecule has 41 heavy (non-hydrogen) atoms. The highest BCUT2D eigenvalue weighted by Gasteiger charge is 2.36. The maximum absolute atomic E-state index is 14.0. The van der Waals surface area contributed by atoms with Gasteiger partial charge in [0.25, 0.3) is 10.0 Å². The minimum Gasteiger partial charge on any atom is -0.354 e. The monoisotopic (exact) mass is 589 g/mol. The van der Waals surface area contributed by atoms with E-state index >= 15 is 0 Å². The first-order valence-corrected chi connectivity index (χ1v) is 14.7. The number of hydrogen-bond acceptors (Lipinski definition) is 4. The van der Waals surface area contributed by atoms with Crippen molar-refractivity contribution >= 4 is 27.5 Å². The van der Waals surface area contributed by atoms with E-state index in [9.17, 15) is 31.2 Å². The van der Waals surface area contributed by atoms with Crippen LogP contribution in [0.15, 0.2) is 83.8 Å². The molecule has 1 unspecified atom stereocenters. The molecule has 0 aliphatic carbocycles. The fourth-order valence-corrected chi connectivity index (χ4v) is 5.77. The third-order valence-corrected chi connectivity index (χ3v) is 8.40. The van der Waals surface area contributed by atoms with Crippen LogP contribution in [0.2, 0.25) is 0 Å². The Hall–Kier alpha value is -3.86. The first kappa shape index (κ1) is 31.7. The van der Waals surface area contributed by atoms with E-state index in [4.69, 9.17) is 0 Å². The summed E-state index contributed by atoms with van der Waals surface area (Å²) in [4.78, 5) is 28.2. The summed E-state index contributed by atoms with van der Waals surface area (Å²) in [5.41, 5.74) is 0.231. The number of benzene rings is 3. The number of nitrogens with one attached hydrogen (secondary N) is 1. The maximum Gasteiger partial charge on any atom is 0.416 e. The number of alkyl halides is 3. The summed E-state index contributed by atoms with van der Waals surface area (Å²) in [5.74, 6) is -1.13. The second-order valence-electron chi connectivity index (χ2n) is 9.54. The van der Waals surface area contributed by atoms with E-state index in [1.54, 1.807) is 25.1 Å². The van der Waals surface area contributed by atoms with Crippen LogP contribution in [0.5, 0.6) is 0 Å². The standard InChI is InChI=1S/C30H34F3N3O4S/c1-4-18-34-29(38)27(5-2)35(20-23-13-10-9-12-22(23)3)28(37)21-36(41(39,40)26-16-7-6-8-17-26)25-15-11-14-24(19-25)30(31,32)33/h6-17,19,27H,4-5,18,20-21H2,1-3H3,(H,34,38). The van der Waals surface area contributed by atoms with Crippen molar-refractivity contribution in [1.82, 2.24) is 10.2 Å². The topological polar surface area (TPSA) is 86.8 Å². The van der Waals surface area contributed by atoms with Gasteiger partial charge in [-0.3, -0.25) is 13.9 Å². The van der Waals surface area contributed by atoms with Crippen LogP contribution in [0.4, 0.5) is 18.9 Å². The molecule has 3 rings (SSSR count). The lowest BCUT2D eigenvalue weighted by atomic mass is 10.1. The van der Waals surface area contributed by atoms with Gasteiger partial charge in [-0.1, -0.05) is 62.4 Å². The van der Waals surface area contributed by atoms with E-state index in [0.29, 0.717) is 23.3 Å². The van der Waals surface area contributed by atoms with Crippen LogP contribution < -0.4 is 9.62 Å². The first-order valence-electron chi connectivity index (χ1n) is 13.3. The molecule has 3 aromatic carbocycles. The van der Waals surface area contributed by atoms with E-state index in [-0.39, 0.29) is 23.5 Å². The molecule has 0 aromatic heterocycles. The van der Waals surface area contributed by atoms with Gasteiger partial charge in [0.1, 0.15) is 12.6 Å². The highest BCUT2D eigenvalue weighted by Crippen LogP contribution is 2.33. The molecule has 3 aromatic rings. The zero-order valence-corrected chi connectivity index (χ0v) is 24.0. The lowest BCUT2D eigenvalue weighted by molar-refractivity contribution is -0.140. The molecular weight excluding hydrogens is 555 g/mol. The van der Waals surface area contributed by atoms with E-state index in [1.165, 1.54) is 35.2 Å². The number of aryl methyl sites for hydroxylation is 1. The fraction of sp³-hybridized carbons (Fsp3) is 0.333. The molecule has 7 nitrogen and oxygen atoms in total.